The maximum atomic E-state index is 5.65. The van der Waals surface area contributed by atoms with Gasteiger partial charge in [-0.3, -0.25) is 0 Å². The van der Waals surface area contributed by atoms with E-state index in [0.717, 1.165) is 8.68 Å². The van der Waals surface area contributed by atoms with Crippen molar-refractivity contribution in [3.8, 4) is 0 Å². The fourth-order valence-electron chi connectivity index (χ4n) is 1.97. The van der Waals surface area contributed by atoms with Gasteiger partial charge in [-0.25, -0.2) is 0 Å². The van der Waals surface area contributed by atoms with E-state index in [2.05, 4.69) is 34.5 Å². The Bertz CT molecular complexity index is 676. The number of hydrogen-bond acceptors (Lipinski definition) is 7. The van der Waals surface area contributed by atoms with Crippen LogP contribution in [0.2, 0.25) is 0 Å². The number of aromatic nitrogens is 2. The maximum Gasteiger partial charge on any atom is 0.177 e. The van der Waals surface area contributed by atoms with Crippen LogP contribution in [0.15, 0.2) is 69.3 Å². The molecule has 0 atom stereocenters. The molecule has 1 aromatic heterocycles. The first-order chi connectivity index (χ1) is 12.4. The predicted octanol–water partition coefficient (Wildman–Crippen LogP) is 5.07. The van der Waals surface area contributed by atoms with Crippen LogP contribution in [0, 0.1) is 0 Å². The standard InChI is InChI=1S/C18H18N2O2S3/c1-3-7-15(8-4-1)11-21-13-23-17-19-20-18(25-17)24-14-22-12-16-9-5-2-6-10-16/h1-10H,11-14H2. The van der Waals surface area contributed by atoms with Crippen LogP contribution in [0.25, 0.3) is 0 Å². The molecule has 0 spiro atoms. The molecule has 0 aliphatic carbocycles. The normalized spacial score (nSPS) is 10.9. The molecule has 0 aliphatic rings. The molecule has 25 heavy (non-hydrogen) atoms. The van der Waals surface area contributed by atoms with Crippen molar-refractivity contribution < 1.29 is 9.47 Å². The SMILES string of the molecule is c1ccc(COCSc2nnc(SCOCc3ccccc3)s2)cc1. The molecular formula is C18H18N2O2S3. The van der Waals surface area contributed by atoms with Gasteiger partial charge in [-0.05, 0) is 11.1 Å². The molecule has 7 heteroatoms. The number of rotatable bonds is 10. The summed E-state index contributed by atoms with van der Waals surface area (Å²) in [6.45, 7) is 1.23. The van der Waals surface area contributed by atoms with E-state index < -0.39 is 0 Å². The van der Waals surface area contributed by atoms with E-state index in [4.69, 9.17) is 9.47 Å². The fraction of sp³-hybridized carbons (Fsp3) is 0.222. The Morgan fingerprint density at radius 1 is 0.680 bits per heavy atom. The van der Waals surface area contributed by atoms with Crippen LogP contribution >= 0.6 is 34.9 Å². The van der Waals surface area contributed by atoms with Gasteiger partial charge in [0.15, 0.2) is 8.68 Å². The zero-order valence-electron chi connectivity index (χ0n) is 13.5. The minimum absolute atomic E-state index is 0.568. The van der Waals surface area contributed by atoms with Gasteiger partial charge < -0.3 is 9.47 Å². The van der Waals surface area contributed by atoms with Gasteiger partial charge in [0, 0.05) is 0 Å². The van der Waals surface area contributed by atoms with Crippen molar-refractivity contribution >= 4 is 34.9 Å². The molecule has 0 fully saturated rings. The highest BCUT2D eigenvalue weighted by atomic mass is 32.2. The molecule has 0 saturated carbocycles. The summed E-state index contributed by atoms with van der Waals surface area (Å²) in [4.78, 5) is 0. The highest BCUT2D eigenvalue weighted by molar-refractivity contribution is 8.03. The van der Waals surface area contributed by atoms with E-state index in [-0.39, 0.29) is 0 Å². The van der Waals surface area contributed by atoms with Gasteiger partial charge in [0.1, 0.15) is 0 Å². The summed E-state index contributed by atoms with van der Waals surface area (Å²) in [7, 11) is 0. The minimum atomic E-state index is 0.568. The van der Waals surface area contributed by atoms with Crippen LogP contribution in [-0.2, 0) is 22.7 Å². The van der Waals surface area contributed by atoms with Crippen molar-refractivity contribution in [2.75, 3.05) is 11.9 Å². The van der Waals surface area contributed by atoms with Crippen LogP contribution in [0.4, 0.5) is 0 Å². The van der Waals surface area contributed by atoms with E-state index in [1.165, 1.54) is 11.1 Å². The lowest BCUT2D eigenvalue weighted by molar-refractivity contribution is 0.169. The molecular weight excluding hydrogens is 372 g/mol. The molecule has 3 rings (SSSR count). The minimum Gasteiger partial charge on any atom is -0.366 e. The Hall–Kier alpha value is -1.38. The molecule has 3 aromatic rings. The van der Waals surface area contributed by atoms with Crippen molar-refractivity contribution in [1.82, 2.24) is 10.2 Å². The van der Waals surface area contributed by atoms with Crippen molar-refractivity contribution in [2.45, 2.75) is 21.9 Å². The summed E-state index contributed by atoms with van der Waals surface area (Å²) >= 11 is 4.70. The average molecular weight is 391 g/mol. The molecule has 2 aromatic carbocycles. The van der Waals surface area contributed by atoms with Gasteiger partial charge in [-0.2, -0.15) is 0 Å². The van der Waals surface area contributed by atoms with Crippen LogP contribution in [0.3, 0.4) is 0 Å². The van der Waals surface area contributed by atoms with Crippen molar-refractivity contribution in [1.29, 1.82) is 0 Å². The van der Waals surface area contributed by atoms with Crippen LogP contribution in [0.5, 0.6) is 0 Å². The molecule has 0 saturated heterocycles. The molecule has 0 aliphatic heterocycles. The lowest BCUT2D eigenvalue weighted by Crippen LogP contribution is -1.91. The van der Waals surface area contributed by atoms with Gasteiger partial charge in [0.2, 0.25) is 0 Å². The first-order valence-corrected chi connectivity index (χ1v) is 10.5. The Morgan fingerprint density at radius 2 is 1.12 bits per heavy atom. The monoisotopic (exact) mass is 390 g/mol. The van der Waals surface area contributed by atoms with E-state index in [0.29, 0.717) is 25.1 Å². The lowest BCUT2D eigenvalue weighted by Gasteiger charge is -2.02. The predicted molar refractivity (Wildman–Crippen MR) is 104 cm³/mol. The van der Waals surface area contributed by atoms with Gasteiger partial charge >= 0.3 is 0 Å². The Labute approximate surface area is 160 Å². The number of benzene rings is 2. The van der Waals surface area contributed by atoms with Crippen molar-refractivity contribution in [3.05, 3.63) is 71.8 Å². The highest BCUT2D eigenvalue weighted by Gasteiger charge is 2.06. The zero-order chi connectivity index (χ0) is 17.2. The first-order valence-electron chi connectivity index (χ1n) is 7.72. The molecule has 0 N–H and O–H groups in total. The topological polar surface area (TPSA) is 44.2 Å². The molecule has 0 amide bonds. The number of ether oxygens (including phenoxy) is 2. The van der Waals surface area contributed by atoms with Crippen molar-refractivity contribution in [3.63, 3.8) is 0 Å². The van der Waals surface area contributed by atoms with Crippen molar-refractivity contribution in [2.24, 2.45) is 0 Å². The van der Waals surface area contributed by atoms with E-state index in [1.807, 2.05) is 36.4 Å². The van der Waals surface area contributed by atoms with E-state index in [9.17, 15) is 0 Å². The van der Waals surface area contributed by atoms with Gasteiger partial charge in [-0.15, -0.1) is 10.2 Å². The highest BCUT2D eigenvalue weighted by Crippen LogP contribution is 2.29. The summed E-state index contributed by atoms with van der Waals surface area (Å²) in [6, 6.07) is 20.3. The third-order valence-corrected chi connectivity index (χ3v) is 6.09. The smallest absolute Gasteiger partial charge is 0.177 e. The lowest BCUT2D eigenvalue weighted by atomic mass is 10.2. The Balaban J connectivity index is 1.30. The number of thioether (sulfide) groups is 2. The Morgan fingerprint density at radius 3 is 1.56 bits per heavy atom. The molecule has 4 nitrogen and oxygen atoms in total. The number of nitrogens with zero attached hydrogens (tertiary/aromatic N) is 2. The first kappa shape index (κ1) is 18.4. The van der Waals surface area contributed by atoms with Crippen LogP contribution < -0.4 is 0 Å². The van der Waals surface area contributed by atoms with Crippen LogP contribution in [0.1, 0.15) is 11.1 Å². The van der Waals surface area contributed by atoms with Gasteiger partial charge in [0.25, 0.3) is 0 Å². The quantitative estimate of drug-likeness (QED) is 0.273. The Kier molecular flexibility index (Phi) is 7.79. The summed E-state index contributed by atoms with van der Waals surface area (Å²) in [6.07, 6.45) is 0. The fourth-order valence-corrected chi connectivity index (χ4v) is 4.40. The summed E-state index contributed by atoms with van der Waals surface area (Å²) < 4.78 is 13.1. The number of hydrogen-bond donors (Lipinski definition) is 0. The molecule has 130 valence electrons. The zero-order valence-corrected chi connectivity index (χ0v) is 16.0. The largest absolute Gasteiger partial charge is 0.366 e. The average Bonchev–Trinajstić information content (AvgIpc) is 3.12. The summed E-state index contributed by atoms with van der Waals surface area (Å²) in [5.74, 6) is 1.14. The van der Waals surface area contributed by atoms with Gasteiger partial charge in [0.05, 0.1) is 25.1 Å². The summed E-state index contributed by atoms with van der Waals surface area (Å²) in [5, 5.41) is 8.35. The third-order valence-electron chi connectivity index (χ3n) is 3.14. The van der Waals surface area contributed by atoms with E-state index >= 15 is 0 Å². The molecule has 0 bridgehead atoms. The summed E-state index contributed by atoms with van der Waals surface area (Å²) in [5.41, 5.74) is 2.35. The molecule has 0 unspecified atom stereocenters. The third kappa shape index (κ3) is 6.80. The van der Waals surface area contributed by atoms with E-state index in [1.54, 1.807) is 34.9 Å². The maximum absolute atomic E-state index is 5.65. The second kappa shape index (κ2) is 10.6. The second-order valence-electron chi connectivity index (χ2n) is 5.03. The molecule has 1 heterocycles. The second-order valence-corrected chi connectivity index (χ2v) is 8.34. The molecule has 0 radical (unpaired) electrons. The van der Waals surface area contributed by atoms with Crippen LogP contribution in [-0.4, -0.2) is 22.1 Å². The van der Waals surface area contributed by atoms with Gasteiger partial charge in [-0.1, -0.05) is 95.5 Å².